The van der Waals surface area contributed by atoms with Crippen LogP contribution in [0.3, 0.4) is 0 Å². The number of carbonyl (C=O) groups excluding carboxylic acids is 2. The Kier molecular flexibility index (Phi) is 4.01. The minimum Gasteiger partial charge on any atom is -0.465 e. The molecule has 2 heterocycles. The Morgan fingerprint density at radius 3 is 3.00 bits per heavy atom. The number of esters is 1. The van der Waals surface area contributed by atoms with E-state index in [4.69, 9.17) is 16.7 Å². The second-order valence-electron chi connectivity index (χ2n) is 4.25. The van der Waals surface area contributed by atoms with Crippen molar-refractivity contribution in [1.29, 1.82) is 0 Å². The van der Waals surface area contributed by atoms with E-state index in [9.17, 15) is 9.59 Å². The zero-order valence-electron chi connectivity index (χ0n) is 10.3. The summed E-state index contributed by atoms with van der Waals surface area (Å²) in [7, 11) is 1.25. The van der Waals surface area contributed by atoms with Crippen LogP contribution in [0.15, 0.2) is 12.3 Å². The number of rotatable bonds is 3. The Labute approximate surface area is 114 Å². The number of nitrogens with zero attached hydrogens (tertiary/aromatic N) is 2. The molecule has 1 fully saturated rings. The zero-order chi connectivity index (χ0) is 14.0. The number of methoxy groups -OCH3 is 1. The molecule has 102 valence electrons. The third-order valence-corrected chi connectivity index (χ3v) is 3.29. The standard InChI is InChI=1S/C12H13ClN2O4/c1-19-12(18)8-2-3-14-11(13)10(8)15-5-7(6-16)4-9(15)17/h2-3,7,16H,4-6H2,1H3. The minimum absolute atomic E-state index is 0.0647. The number of hydrogen-bond acceptors (Lipinski definition) is 5. The molecule has 19 heavy (non-hydrogen) atoms. The summed E-state index contributed by atoms with van der Waals surface area (Å²) in [4.78, 5) is 28.9. The van der Waals surface area contributed by atoms with Crippen LogP contribution in [0.25, 0.3) is 0 Å². The first-order valence-corrected chi connectivity index (χ1v) is 6.10. The van der Waals surface area contributed by atoms with Crippen LogP contribution in [0, 0.1) is 5.92 Å². The smallest absolute Gasteiger partial charge is 0.340 e. The van der Waals surface area contributed by atoms with Crippen LogP contribution in [-0.4, -0.2) is 42.2 Å². The molecule has 1 atom stereocenters. The first-order valence-electron chi connectivity index (χ1n) is 5.72. The van der Waals surface area contributed by atoms with Crippen molar-refractivity contribution in [3.63, 3.8) is 0 Å². The second kappa shape index (κ2) is 5.54. The molecule has 6 nitrogen and oxygen atoms in total. The van der Waals surface area contributed by atoms with Crippen molar-refractivity contribution in [2.45, 2.75) is 6.42 Å². The van der Waals surface area contributed by atoms with Crippen LogP contribution in [0.4, 0.5) is 5.69 Å². The quantitative estimate of drug-likeness (QED) is 0.658. The molecule has 1 amide bonds. The van der Waals surface area contributed by atoms with E-state index in [-0.39, 0.29) is 41.3 Å². The van der Waals surface area contributed by atoms with Gasteiger partial charge >= 0.3 is 5.97 Å². The molecule has 2 rings (SSSR count). The van der Waals surface area contributed by atoms with Gasteiger partial charge in [0.1, 0.15) is 0 Å². The highest BCUT2D eigenvalue weighted by Gasteiger charge is 2.34. The van der Waals surface area contributed by atoms with Crippen LogP contribution in [-0.2, 0) is 9.53 Å². The summed E-state index contributed by atoms with van der Waals surface area (Å²) >= 11 is 5.99. The van der Waals surface area contributed by atoms with Crippen molar-refractivity contribution in [2.24, 2.45) is 5.92 Å². The van der Waals surface area contributed by atoms with E-state index in [2.05, 4.69) is 9.72 Å². The lowest BCUT2D eigenvalue weighted by Gasteiger charge is -2.19. The molecule has 0 bridgehead atoms. The summed E-state index contributed by atoms with van der Waals surface area (Å²) in [5.74, 6) is -0.937. The highest BCUT2D eigenvalue weighted by atomic mass is 35.5. The van der Waals surface area contributed by atoms with Gasteiger partial charge in [0, 0.05) is 31.7 Å². The lowest BCUT2D eigenvalue weighted by atomic mass is 10.1. The Bertz CT molecular complexity index is 520. The molecule has 0 aromatic carbocycles. The van der Waals surface area contributed by atoms with E-state index >= 15 is 0 Å². The third kappa shape index (κ3) is 2.54. The van der Waals surface area contributed by atoms with Crippen LogP contribution in [0.2, 0.25) is 5.15 Å². The van der Waals surface area contributed by atoms with Gasteiger partial charge in [-0.05, 0) is 6.07 Å². The summed E-state index contributed by atoms with van der Waals surface area (Å²) < 4.78 is 4.67. The number of hydrogen-bond donors (Lipinski definition) is 1. The fraction of sp³-hybridized carbons (Fsp3) is 0.417. The Hall–Kier alpha value is -1.66. The number of aliphatic hydroxyl groups excluding tert-OH is 1. The van der Waals surface area contributed by atoms with Crippen molar-refractivity contribution < 1.29 is 19.4 Å². The second-order valence-corrected chi connectivity index (χ2v) is 4.60. The predicted octanol–water partition coefficient (Wildman–Crippen LogP) is 0.867. The molecule has 1 aromatic rings. The van der Waals surface area contributed by atoms with Gasteiger partial charge in [-0.3, -0.25) is 4.79 Å². The van der Waals surface area contributed by atoms with Crippen LogP contribution in [0.5, 0.6) is 0 Å². The fourth-order valence-corrected chi connectivity index (χ4v) is 2.34. The largest absolute Gasteiger partial charge is 0.465 e. The molecule has 0 saturated carbocycles. The Morgan fingerprint density at radius 2 is 2.42 bits per heavy atom. The number of carbonyl (C=O) groups is 2. The first-order chi connectivity index (χ1) is 9.08. The number of ether oxygens (including phenoxy) is 1. The molecular weight excluding hydrogens is 272 g/mol. The summed E-state index contributed by atoms with van der Waals surface area (Å²) in [5, 5.41) is 9.19. The molecule has 1 unspecified atom stereocenters. The van der Waals surface area contributed by atoms with Gasteiger partial charge in [-0.2, -0.15) is 0 Å². The maximum absolute atomic E-state index is 11.9. The van der Waals surface area contributed by atoms with Gasteiger partial charge in [0.15, 0.2) is 5.15 Å². The Morgan fingerprint density at radius 1 is 1.68 bits per heavy atom. The average molecular weight is 285 g/mol. The summed E-state index contributed by atoms with van der Waals surface area (Å²) in [6, 6.07) is 1.45. The molecule has 7 heteroatoms. The molecule has 1 saturated heterocycles. The van der Waals surface area contributed by atoms with E-state index in [0.29, 0.717) is 6.54 Å². The summed E-state index contributed by atoms with van der Waals surface area (Å²) in [5.41, 5.74) is 0.436. The van der Waals surface area contributed by atoms with E-state index < -0.39 is 5.97 Å². The van der Waals surface area contributed by atoms with E-state index in [0.717, 1.165) is 0 Å². The molecular formula is C12H13ClN2O4. The van der Waals surface area contributed by atoms with E-state index in [1.54, 1.807) is 0 Å². The highest BCUT2D eigenvalue weighted by Crippen LogP contribution is 2.33. The maximum atomic E-state index is 11.9. The number of halogens is 1. The van der Waals surface area contributed by atoms with Gasteiger partial charge < -0.3 is 14.7 Å². The predicted molar refractivity (Wildman–Crippen MR) is 68.1 cm³/mol. The van der Waals surface area contributed by atoms with Gasteiger partial charge in [-0.25, -0.2) is 9.78 Å². The molecule has 1 aliphatic rings. The monoisotopic (exact) mass is 284 g/mol. The van der Waals surface area contributed by atoms with Gasteiger partial charge in [0.2, 0.25) is 5.91 Å². The molecule has 1 N–H and O–H groups in total. The normalized spacial score (nSPS) is 18.8. The molecule has 1 aromatic heterocycles. The van der Waals surface area contributed by atoms with E-state index in [1.165, 1.54) is 24.3 Å². The van der Waals surface area contributed by atoms with Crippen molar-refractivity contribution >= 4 is 29.2 Å². The lowest BCUT2D eigenvalue weighted by molar-refractivity contribution is -0.117. The highest BCUT2D eigenvalue weighted by molar-refractivity contribution is 6.33. The van der Waals surface area contributed by atoms with Crippen molar-refractivity contribution in [2.75, 3.05) is 25.2 Å². The van der Waals surface area contributed by atoms with Crippen molar-refractivity contribution in [1.82, 2.24) is 4.98 Å². The summed E-state index contributed by atoms with van der Waals surface area (Å²) in [6.07, 6.45) is 1.60. The molecule has 0 spiro atoms. The van der Waals surface area contributed by atoms with Crippen molar-refractivity contribution in [3.05, 3.63) is 23.0 Å². The average Bonchev–Trinajstić information content (AvgIpc) is 2.78. The zero-order valence-corrected chi connectivity index (χ0v) is 11.1. The molecule has 1 aliphatic heterocycles. The topological polar surface area (TPSA) is 79.7 Å². The number of aromatic nitrogens is 1. The molecule has 0 radical (unpaired) electrons. The lowest BCUT2D eigenvalue weighted by Crippen LogP contribution is -2.27. The maximum Gasteiger partial charge on any atom is 0.340 e. The van der Waals surface area contributed by atoms with Gasteiger partial charge in [-0.1, -0.05) is 11.6 Å². The SMILES string of the molecule is COC(=O)c1ccnc(Cl)c1N1CC(CO)CC1=O. The van der Waals surface area contributed by atoms with Crippen LogP contribution < -0.4 is 4.90 Å². The van der Waals surface area contributed by atoms with Crippen LogP contribution >= 0.6 is 11.6 Å². The van der Waals surface area contributed by atoms with Crippen molar-refractivity contribution in [3.8, 4) is 0 Å². The van der Waals surface area contributed by atoms with Gasteiger partial charge in [0.25, 0.3) is 0 Å². The molecule has 0 aliphatic carbocycles. The summed E-state index contributed by atoms with van der Waals surface area (Å²) in [6.45, 7) is 0.221. The number of aliphatic hydroxyl groups is 1. The minimum atomic E-state index is -0.584. The number of anilines is 1. The van der Waals surface area contributed by atoms with Gasteiger partial charge in [-0.15, -0.1) is 0 Å². The van der Waals surface area contributed by atoms with Gasteiger partial charge in [0.05, 0.1) is 18.4 Å². The van der Waals surface area contributed by atoms with Crippen LogP contribution in [0.1, 0.15) is 16.8 Å². The first kappa shape index (κ1) is 13.8. The van der Waals surface area contributed by atoms with E-state index in [1.807, 2.05) is 0 Å². The Balaban J connectivity index is 2.44. The number of amides is 1. The number of pyridine rings is 1. The fourth-order valence-electron chi connectivity index (χ4n) is 2.08. The third-order valence-electron chi connectivity index (χ3n) is 3.02.